The van der Waals surface area contributed by atoms with E-state index < -0.39 is 0 Å². The van der Waals surface area contributed by atoms with Gasteiger partial charge >= 0.3 is 0 Å². The van der Waals surface area contributed by atoms with Crippen LogP contribution in [0.3, 0.4) is 0 Å². The van der Waals surface area contributed by atoms with E-state index >= 15 is 0 Å². The van der Waals surface area contributed by atoms with Gasteiger partial charge in [0.25, 0.3) is 0 Å². The van der Waals surface area contributed by atoms with Crippen LogP contribution in [0.2, 0.25) is 0 Å². The lowest BCUT2D eigenvalue weighted by atomic mass is 9.83. The van der Waals surface area contributed by atoms with E-state index in [4.69, 9.17) is 4.42 Å². The maximum Gasteiger partial charge on any atom is 0.136 e. The number of benzene rings is 14. The van der Waals surface area contributed by atoms with Gasteiger partial charge in [0, 0.05) is 10.8 Å². The first kappa shape index (κ1) is 36.5. The molecule has 0 atom stereocenters. The van der Waals surface area contributed by atoms with Crippen molar-refractivity contribution in [2.75, 3.05) is 0 Å². The molecule has 0 amide bonds. The number of rotatable bonds is 3. The molecule has 0 spiro atoms. The van der Waals surface area contributed by atoms with Crippen molar-refractivity contribution >= 4 is 119 Å². The SMILES string of the molecule is c1ccc2c(c1)cc(-c1c3ccccc3c(-c3ccc4cc(-c5ccc6c(c5)c5ccccc5c5cc7c(cc65)oc5ccc6ccccc6c57)ccc4c3)c3ccccc13)c1ccccc12. The number of furan rings is 1. The molecule has 15 aromatic rings. The van der Waals surface area contributed by atoms with Crippen molar-refractivity contribution in [3.63, 3.8) is 0 Å². The lowest BCUT2D eigenvalue weighted by molar-refractivity contribution is 0.670. The van der Waals surface area contributed by atoms with Gasteiger partial charge in [-0.2, -0.15) is 0 Å². The first-order valence-electron chi connectivity index (χ1n) is 23.2. The smallest absolute Gasteiger partial charge is 0.136 e. The second kappa shape index (κ2) is 13.9. The molecule has 0 bridgehead atoms. The van der Waals surface area contributed by atoms with Crippen molar-refractivity contribution in [1.82, 2.24) is 0 Å². The second-order valence-corrected chi connectivity index (χ2v) is 18.3. The molecule has 308 valence electrons. The Bertz CT molecular complexity index is 4570. The third-order valence-corrected chi connectivity index (χ3v) is 14.7. The molecule has 0 N–H and O–H groups in total. The van der Waals surface area contributed by atoms with Gasteiger partial charge in [0.2, 0.25) is 0 Å². The van der Waals surface area contributed by atoms with Gasteiger partial charge in [0.1, 0.15) is 11.2 Å². The first-order valence-corrected chi connectivity index (χ1v) is 23.2. The number of hydrogen-bond donors (Lipinski definition) is 0. The monoisotopic (exact) mass is 846 g/mol. The molecule has 67 heavy (non-hydrogen) atoms. The molecule has 0 aliphatic rings. The largest absolute Gasteiger partial charge is 0.456 e. The topological polar surface area (TPSA) is 13.1 Å². The molecule has 0 aliphatic carbocycles. The van der Waals surface area contributed by atoms with Crippen LogP contribution < -0.4 is 0 Å². The summed E-state index contributed by atoms with van der Waals surface area (Å²) < 4.78 is 6.59. The van der Waals surface area contributed by atoms with Gasteiger partial charge in [-0.05, 0) is 173 Å². The zero-order valence-electron chi connectivity index (χ0n) is 36.3. The molecule has 0 saturated carbocycles. The summed E-state index contributed by atoms with van der Waals surface area (Å²) in [6.07, 6.45) is 0. The molecule has 0 fully saturated rings. The van der Waals surface area contributed by atoms with Crippen molar-refractivity contribution in [3.05, 3.63) is 231 Å². The van der Waals surface area contributed by atoms with E-state index in [1.54, 1.807) is 0 Å². The van der Waals surface area contributed by atoms with E-state index in [2.05, 4.69) is 231 Å². The van der Waals surface area contributed by atoms with Crippen molar-refractivity contribution in [3.8, 4) is 33.4 Å². The summed E-state index contributed by atoms with van der Waals surface area (Å²) >= 11 is 0. The predicted octanol–water partition coefficient (Wildman–Crippen LogP) is 19.0. The van der Waals surface area contributed by atoms with Crippen LogP contribution >= 0.6 is 0 Å². The van der Waals surface area contributed by atoms with Crippen molar-refractivity contribution in [2.24, 2.45) is 0 Å². The fraction of sp³-hybridized carbons (Fsp3) is 0. The highest BCUT2D eigenvalue weighted by Crippen LogP contribution is 2.48. The molecule has 0 aliphatic heterocycles. The molecule has 1 aromatic heterocycles. The van der Waals surface area contributed by atoms with Crippen molar-refractivity contribution < 1.29 is 4.42 Å². The molecule has 15 rings (SSSR count). The molecule has 1 heteroatoms. The van der Waals surface area contributed by atoms with Gasteiger partial charge in [-0.3, -0.25) is 0 Å². The van der Waals surface area contributed by atoms with Gasteiger partial charge in [-0.25, -0.2) is 0 Å². The zero-order chi connectivity index (χ0) is 43.7. The van der Waals surface area contributed by atoms with Crippen molar-refractivity contribution in [1.29, 1.82) is 0 Å². The molecule has 1 heterocycles. The van der Waals surface area contributed by atoms with Gasteiger partial charge in [-0.15, -0.1) is 0 Å². The van der Waals surface area contributed by atoms with Crippen LogP contribution in [-0.2, 0) is 0 Å². The Labute approximate surface area is 385 Å². The minimum atomic E-state index is 0.920. The minimum absolute atomic E-state index is 0.920. The average molecular weight is 847 g/mol. The summed E-state index contributed by atoms with van der Waals surface area (Å²) in [6.45, 7) is 0. The van der Waals surface area contributed by atoms with Crippen LogP contribution in [0.1, 0.15) is 0 Å². The van der Waals surface area contributed by atoms with E-state index in [1.807, 2.05) is 0 Å². The third-order valence-electron chi connectivity index (χ3n) is 14.7. The molecule has 1 nitrogen and oxygen atoms in total. The highest BCUT2D eigenvalue weighted by atomic mass is 16.3. The zero-order valence-corrected chi connectivity index (χ0v) is 36.3. The molecule has 14 aromatic carbocycles. The summed E-state index contributed by atoms with van der Waals surface area (Å²) in [4.78, 5) is 0. The summed E-state index contributed by atoms with van der Waals surface area (Å²) in [5, 5.41) is 24.8. The quantitative estimate of drug-likeness (QED) is 0.128. The number of hydrogen-bond acceptors (Lipinski definition) is 1. The number of fused-ring (bicyclic) bond motifs is 17. The lowest BCUT2D eigenvalue weighted by Crippen LogP contribution is -1.92. The average Bonchev–Trinajstić information content (AvgIpc) is 3.77. The van der Waals surface area contributed by atoms with Gasteiger partial charge in [0.05, 0.1) is 0 Å². The van der Waals surface area contributed by atoms with E-state index in [0.717, 1.165) is 16.6 Å². The highest BCUT2D eigenvalue weighted by Gasteiger charge is 2.20. The van der Waals surface area contributed by atoms with Gasteiger partial charge in [-0.1, -0.05) is 188 Å². The van der Waals surface area contributed by atoms with E-state index in [9.17, 15) is 0 Å². The van der Waals surface area contributed by atoms with E-state index in [0.29, 0.717) is 0 Å². The third kappa shape index (κ3) is 5.31. The predicted molar refractivity (Wildman–Crippen MR) is 288 cm³/mol. The van der Waals surface area contributed by atoms with E-state index in [-0.39, 0.29) is 0 Å². The standard InChI is InChI=1S/C66H38O/c1-4-16-47-39(13-1)30-32-62-66(47)61-37-58-50-19-7-6-18-49(50)57-35-43(29-31-52(57)59(58)38-63(61)67-62)41-25-26-42-34-45(28-27-40(42)33-41)64-53-21-9-11-23-55(53)65(56-24-12-10-22-54(56)64)60-36-44-14-2-3-15-46(44)48-17-5-8-20-51(48)60/h1-38H. The molecule has 0 saturated heterocycles. The summed E-state index contributed by atoms with van der Waals surface area (Å²) in [6, 6.07) is 85.5. The fourth-order valence-electron chi connectivity index (χ4n) is 11.7. The molecule has 0 radical (unpaired) electrons. The maximum atomic E-state index is 6.59. The minimum Gasteiger partial charge on any atom is -0.456 e. The van der Waals surface area contributed by atoms with Crippen molar-refractivity contribution in [2.45, 2.75) is 0 Å². The fourth-order valence-corrected chi connectivity index (χ4v) is 11.7. The Hall–Kier alpha value is -8.78. The Morgan fingerprint density at radius 1 is 0.209 bits per heavy atom. The summed E-state index contributed by atoms with van der Waals surface area (Å²) in [5.41, 5.74) is 9.30. The first-order chi connectivity index (χ1) is 33.2. The van der Waals surface area contributed by atoms with Crippen LogP contribution in [-0.4, -0.2) is 0 Å². The van der Waals surface area contributed by atoms with Crippen LogP contribution in [0.5, 0.6) is 0 Å². The summed E-state index contributed by atoms with van der Waals surface area (Å²) in [5.74, 6) is 0. The lowest BCUT2D eigenvalue weighted by Gasteiger charge is -2.20. The Morgan fingerprint density at radius 2 is 0.672 bits per heavy atom. The van der Waals surface area contributed by atoms with Crippen LogP contribution in [0.25, 0.3) is 152 Å². The Balaban J connectivity index is 0.878. The normalized spacial score (nSPS) is 12.2. The molecular weight excluding hydrogens is 809 g/mol. The molecule has 0 unspecified atom stereocenters. The van der Waals surface area contributed by atoms with Crippen LogP contribution in [0, 0.1) is 0 Å². The van der Waals surface area contributed by atoms with Gasteiger partial charge < -0.3 is 4.42 Å². The maximum absolute atomic E-state index is 6.59. The van der Waals surface area contributed by atoms with E-state index in [1.165, 1.54) is 136 Å². The summed E-state index contributed by atoms with van der Waals surface area (Å²) in [7, 11) is 0. The Morgan fingerprint density at radius 3 is 1.37 bits per heavy atom. The molecular formula is C66H38O. The van der Waals surface area contributed by atoms with Crippen LogP contribution in [0.4, 0.5) is 0 Å². The Kier molecular flexibility index (Phi) is 7.56. The van der Waals surface area contributed by atoms with Crippen LogP contribution in [0.15, 0.2) is 235 Å². The van der Waals surface area contributed by atoms with Gasteiger partial charge in [0.15, 0.2) is 0 Å². The second-order valence-electron chi connectivity index (χ2n) is 18.3. The highest BCUT2D eigenvalue weighted by molar-refractivity contribution is 6.31.